The molecular formula is C19H17S2+. The second-order valence-corrected chi connectivity index (χ2v) is 7.34. The third kappa shape index (κ3) is 3.52. The lowest BCUT2D eigenvalue weighted by Gasteiger charge is -2.01. The van der Waals surface area contributed by atoms with Crippen molar-refractivity contribution in [2.75, 3.05) is 5.75 Å². The molecule has 1 heterocycles. The molecular weight excluding hydrogens is 292 g/mol. The van der Waals surface area contributed by atoms with Crippen molar-refractivity contribution in [2.24, 2.45) is 0 Å². The zero-order chi connectivity index (χ0) is 14.5. The van der Waals surface area contributed by atoms with E-state index < -0.39 is 0 Å². The monoisotopic (exact) mass is 309 g/mol. The van der Waals surface area contributed by atoms with E-state index in [2.05, 4.69) is 79.7 Å². The fraction of sp³-hybridized carbons (Fsp3) is 0.105. The minimum Gasteiger partial charge on any atom is -0.0649 e. The molecule has 0 fully saturated rings. The SMILES string of the molecule is CCSc1cc(-c2ccccc2)cc(-c2ccccc2)[s+]1. The molecule has 0 bridgehead atoms. The maximum Gasteiger partial charge on any atom is 0.265 e. The van der Waals surface area contributed by atoms with Crippen LogP contribution in [0.1, 0.15) is 6.92 Å². The van der Waals surface area contributed by atoms with Crippen molar-refractivity contribution in [1.82, 2.24) is 0 Å². The van der Waals surface area contributed by atoms with E-state index in [1.54, 1.807) is 0 Å². The molecule has 0 nitrogen and oxygen atoms in total. The van der Waals surface area contributed by atoms with Crippen molar-refractivity contribution in [3.05, 3.63) is 72.8 Å². The maximum atomic E-state index is 2.31. The summed E-state index contributed by atoms with van der Waals surface area (Å²) in [5.74, 6) is 1.10. The van der Waals surface area contributed by atoms with Crippen LogP contribution in [0.3, 0.4) is 0 Å². The van der Waals surface area contributed by atoms with Gasteiger partial charge in [-0.15, -0.1) is 0 Å². The van der Waals surface area contributed by atoms with Crippen LogP contribution in [0.15, 0.2) is 77.0 Å². The van der Waals surface area contributed by atoms with Crippen molar-refractivity contribution in [2.45, 2.75) is 11.1 Å². The van der Waals surface area contributed by atoms with Gasteiger partial charge in [0.05, 0.1) is 0 Å². The summed E-state index contributed by atoms with van der Waals surface area (Å²) >= 11 is 3.78. The average Bonchev–Trinajstić information content (AvgIpc) is 2.56. The molecule has 104 valence electrons. The smallest absolute Gasteiger partial charge is 0.0649 e. The van der Waals surface area contributed by atoms with E-state index >= 15 is 0 Å². The van der Waals surface area contributed by atoms with E-state index in [-0.39, 0.29) is 0 Å². The summed E-state index contributed by atoms with van der Waals surface area (Å²) in [5, 5.41) is 0. The number of hydrogen-bond donors (Lipinski definition) is 0. The van der Waals surface area contributed by atoms with Gasteiger partial charge in [0.15, 0.2) is 0 Å². The molecule has 21 heavy (non-hydrogen) atoms. The first-order valence-corrected chi connectivity index (χ1v) is 8.89. The van der Waals surface area contributed by atoms with Gasteiger partial charge in [0.25, 0.3) is 4.21 Å². The molecule has 2 heteroatoms. The highest BCUT2D eigenvalue weighted by Gasteiger charge is 2.17. The Balaban J connectivity index is 2.11. The topological polar surface area (TPSA) is 0 Å². The molecule has 1 aromatic heterocycles. The van der Waals surface area contributed by atoms with Crippen LogP contribution >= 0.6 is 23.1 Å². The summed E-state index contributed by atoms with van der Waals surface area (Å²) < 4.78 is 1.37. The molecule has 0 amide bonds. The number of hydrogen-bond acceptors (Lipinski definition) is 1. The Morgan fingerprint density at radius 1 is 0.762 bits per heavy atom. The zero-order valence-corrected chi connectivity index (χ0v) is 13.6. The van der Waals surface area contributed by atoms with Crippen molar-refractivity contribution in [3.63, 3.8) is 0 Å². The van der Waals surface area contributed by atoms with Gasteiger partial charge in [-0.05, 0) is 29.0 Å². The van der Waals surface area contributed by atoms with Crippen LogP contribution < -0.4 is 0 Å². The minimum absolute atomic E-state index is 1.10. The Kier molecular flexibility index (Phi) is 4.69. The third-order valence-electron chi connectivity index (χ3n) is 3.22. The Morgan fingerprint density at radius 3 is 2.00 bits per heavy atom. The highest BCUT2D eigenvalue weighted by Crippen LogP contribution is 2.36. The van der Waals surface area contributed by atoms with Crippen LogP contribution in [0.25, 0.3) is 21.6 Å². The lowest BCUT2D eigenvalue weighted by molar-refractivity contribution is 1.50. The van der Waals surface area contributed by atoms with E-state index in [9.17, 15) is 0 Å². The van der Waals surface area contributed by atoms with Gasteiger partial charge in [-0.2, -0.15) is 0 Å². The van der Waals surface area contributed by atoms with Gasteiger partial charge in [-0.25, -0.2) is 0 Å². The first kappa shape index (κ1) is 14.3. The summed E-state index contributed by atoms with van der Waals surface area (Å²) in [6, 6.07) is 25.8. The Hall–Kier alpha value is -1.64. The van der Waals surface area contributed by atoms with Gasteiger partial charge in [0, 0.05) is 17.7 Å². The highest BCUT2D eigenvalue weighted by molar-refractivity contribution is 8.01. The first-order valence-electron chi connectivity index (χ1n) is 7.08. The Bertz CT molecular complexity index is 648. The maximum absolute atomic E-state index is 2.31. The molecule has 0 aliphatic heterocycles. The summed E-state index contributed by atoms with van der Waals surface area (Å²) in [5.41, 5.74) is 3.86. The Morgan fingerprint density at radius 2 is 1.38 bits per heavy atom. The molecule has 3 rings (SSSR count). The lowest BCUT2D eigenvalue weighted by Crippen LogP contribution is -1.81. The second kappa shape index (κ2) is 6.88. The average molecular weight is 309 g/mol. The summed E-state index contributed by atoms with van der Waals surface area (Å²) in [4.78, 5) is 1.33. The van der Waals surface area contributed by atoms with E-state index in [4.69, 9.17) is 0 Å². The molecule has 3 aromatic rings. The molecule has 0 radical (unpaired) electrons. The highest BCUT2D eigenvalue weighted by atomic mass is 32.2. The van der Waals surface area contributed by atoms with Crippen LogP contribution in [-0.4, -0.2) is 5.75 Å². The minimum atomic E-state index is 1.10. The van der Waals surface area contributed by atoms with Crippen molar-refractivity contribution >= 4 is 23.1 Å². The second-order valence-electron chi connectivity index (χ2n) is 4.69. The van der Waals surface area contributed by atoms with E-state index in [1.165, 1.54) is 25.8 Å². The molecule has 0 aliphatic carbocycles. The molecule has 0 unspecified atom stereocenters. The largest absolute Gasteiger partial charge is 0.265 e. The molecule has 0 N–H and O–H groups in total. The first-order chi connectivity index (χ1) is 10.4. The van der Waals surface area contributed by atoms with Gasteiger partial charge >= 0.3 is 0 Å². The normalized spacial score (nSPS) is 10.5. The Labute approximate surface area is 134 Å². The fourth-order valence-electron chi connectivity index (χ4n) is 2.23. The van der Waals surface area contributed by atoms with Crippen LogP contribution in [0.4, 0.5) is 0 Å². The van der Waals surface area contributed by atoms with Crippen LogP contribution in [0, 0.1) is 0 Å². The molecule has 0 spiro atoms. The molecule has 0 aliphatic rings. The van der Waals surface area contributed by atoms with E-state index in [0.29, 0.717) is 0 Å². The van der Waals surface area contributed by atoms with E-state index in [0.717, 1.165) is 5.75 Å². The predicted octanol–water partition coefficient (Wildman–Crippen LogP) is 6.48. The molecule has 0 saturated heterocycles. The number of benzene rings is 2. The fourth-order valence-corrected chi connectivity index (χ4v) is 4.43. The number of rotatable bonds is 4. The van der Waals surface area contributed by atoms with Crippen LogP contribution in [0.5, 0.6) is 0 Å². The van der Waals surface area contributed by atoms with E-state index in [1.807, 2.05) is 23.1 Å². The summed E-state index contributed by atoms with van der Waals surface area (Å²) in [7, 11) is 0. The molecule has 0 atom stereocenters. The quantitative estimate of drug-likeness (QED) is 0.393. The van der Waals surface area contributed by atoms with Gasteiger partial charge in [-0.1, -0.05) is 67.2 Å². The van der Waals surface area contributed by atoms with Gasteiger partial charge in [0.2, 0.25) is 16.2 Å². The standard InChI is InChI=1S/C19H17S2/c1-2-20-19-14-17(15-9-5-3-6-10-15)13-18(21-19)16-11-7-4-8-12-16/h3-14H,2H2,1H3/q+1. The summed E-state index contributed by atoms with van der Waals surface area (Å²) in [6.45, 7) is 2.20. The summed E-state index contributed by atoms with van der Waals surface area (Å²) in [6.07, 6.45) is 0. The van der Waals surface area contributed by atoms with Gasteiger partial charge < -0.3 is 0 Å². The van der Waals surface area contributed by atoms with Crippen LogP contribution in [-0.2, 0) is 0 Å². The predicted molar refractivity (Wildman–Crippen MR) is 96.0 cm³/mol. The van der Waals surface area contributed by atoms with Crippen LogP contribution in [0.2, 0.25) is 0 Å². The lowest BCUT2D eigenvalue weighted by atomic mass is 10.1. The van der Waals surface area contributed by atoms with Gasteiger partial charge in [-0.3, -0.25) is 0 Å². The molecule has 0 saturated carbocycles. The van der Waals surface area contributed by atoms with Crippen molar-refractivity contribution in [3.8, 4) is 21.6 Å². The van der Waals surface area contributed by atoms with Crippen molar-refractivity contribution < 1.29 is 0 Å². The molecule has 2 aromatic carbocycles. The van der Waals surface area contributed by atoms with Crippen molar-refractivity contribution in [1.29, 1.82) is 0 Å². The zero-order valence-electron chi connectivity index (χ0n) is 12.0. The third-order valence-corrected chi connectivity index (χ3v) is 5.41. The number of thioether (sulfide) groups is 1. The van der Waals surface area contributed by atoms with Gasteiger partial charge in [0.1, 0.15) is 0 Å².